The molecule has 1 saturated heterocycles. The normalized spacial score (nSPS) is 14.7. The van der Waals surface area contributed by atoms with Crippen molar-refractivity contribution in [2.24, 2.45) is 0 Å². The number of carbonyl (C=O) groups excluding carboxylic acids is 1. The molecule has 1 aliphatic rings. The van der Waals surface area contributed by atoms with Crippen LogP contribution in [0, 0.1) is 6.92 Å². The molecule has 1 N–H and O–H groups in total. The topological polar surface area (TPSA) is 87.1 Å². The number of rotatable bonds is 4. The summed E-state index contributed by atoms with van der Waals surface area (Å²) in [5.74, 6) is 1.14. The van der Waals surface area contributed by atoms with E-state index in [-0.39, 0.29) is 11.9 Å². The van der Waals surface area contributed by atoms with Gasteiger partial charge in [-0.15, -0.1) is 0 Å². The molecule has 1 aliphatic heterocycles. The molecule has 1 fully saturated rings. The summed E-state index contributed by atoms with van der Waals surface area (Å²) in [6.07, 6.45) is 3.46. The number of aromatic nitrogens is 4. The lowest BCUT2D eigenvalue weighted by molar-refractivity contribution is 0.0740. The predicted octanol–water partition coefficient (Wildman–Crippen LogP) is 1.36. The molecule has 0 spiro atoms. The number of hydrogen-bond acceptors (Lipinski definition) is 7. The molecule has 3 rings (SSSR count). The van der Waals surface area contributed by atoms with Crippen LogP contribution in [0.4, 0.5) is 11.9 Å². The largest absolute Gasteiger partial charge is 0.352 e. The first-order chi connectivity index (χ1) is 12.0. The maximum atomic E-state index is 12.8. The summed E-state index contributed by atoms with van der Waals surface area (Å²) in [5.41, 5.74) is 1.21. The molecule has 0 aromatic carbocycles. The lowest BCUT2D eigenvalue weighted by Gasteiger charge is -2.34. The molecule has 3 heterocycles. The van der Waals surface area contributed by atoms with Crippen LogP contribution in [0.25, 0.3) is 0 Å². The van der Waals surface area contributed by atoms with E-state index in [9.17, 15) is 4.79 Å². The molecule has 2 aromatic rings. The third-order valence-electron chi connectivity index (χ3n) is 3.89. The van der Waals surface area contributed by atoms with Crippen molar-refractivity contribution < 1.29 is 4.79 Å². The van der Waals surface area contributed by atoms with Gasteiger partial charge in [-0.2, -0.15) is 0 Å². The van der Waals surface area contributed by atoms with E-state index in [0.717, 1.165) is 5.69 Å². The third-order valence-corrected chi connectivity index (χ3v) is 3.89. The summed E-state index contributed by atoms with van der Waals surface area (Å²) >= 11 is 0. The van der Waals surface area contributed by atoms with Crippen LogP contribution in [-0.2, 0) is 0 Å². The van der Waals surface area contributed by atoms with E-state index in [1.165, 1.54) is 0 Å². The van der Waals surface area contributed by atoms with E-state index in [1.807, 2.05) is 25.7 Å². The molecule has 0 bridgehead atoms. The molecule has 8 nitrogen and oxygen atoms in total. The van der Waals surface area contributed by atoms with E-state index in [2.05, 4.69) is 30.2 Å². The van der Waals surface area contributed by atoms with Gasteiger partial charge in [-0.3, -0.25) is 4.79 Å². The van der Waals surface area contributed by atoms with E-state index < -0.39 is 0 Å². The van der Waals surface area contributed by atoms with E-state index >= 15 is 0 Å². The summed E-state index contributed by atoms with van der Waals surface area (Å²) in [7, 11) is 0. The van der Waals surface area contributed by atoms with Crippen molar-refractivity contribution in [3.05, 3.63) is 35.9 Å². The van der Waals surface area contributed by atoms with Crippen LogP contribution in [0.5, 0.6) is 0 Å². The van der Waals surface area contributed by atoms with Crippen molar-refractivity contribution in [3.8, 4) is 0 Å². The van der Waals surface area contributed by atoms with Gasteiger partial charge in [-0.05, 0) is 32.9 Å². The molecule has 0 unspecified atom stereocenters. The molecule has 25 heavy (non-hydrogen) atoms. The lowest BCUT2D eigenvalue weighted by Crippen LogP contribution is -2.49. The maximum absolute atomic E-state index is 12.8. The van der Waals surface area contributed by atoms with Gasteiger partial charge in [0.2, 0.25) is 11.9 Å². The number of aryl methyl sites for hydroxylation is 1. The van der Waals surface area contributed by atoms with Crippen LogP contribution in [0.3, 0.4) is 0 Å². The van der Waals surface area contributed by atoms with Crippen molar-refractivity contribution in [2.45, 2.75) is 26.8 Å². The monoisotopic (exact) mass is 341 g/mol. The van der Waals surface area contributed by atoms with E-state index in [0.29, 0.717) is 43.8 Å². The summed E-state index contributed by atoms with van der Waals surface area (Å²) < 4.78 is 0. The number of hydrogen-bond donors (Lipinski definition) is 1. The van der Waals surface area contributed by atoms with Crippen LogP contribution < -0.4 is 10.2 Å². The Morgan fingerprint density at radius 3 is 2.44 bits per heavy atom. The molecule has 0 saturated carbocycles. The molecule has 2 aromatic heterocycles. The Bertz CT molecular complexity index is 727. The van der Waals surface area contributed by atoms with Crippen molar-refractivity contribution >= 4 is 17.8 Å². The molecule has 8 heteroatoms. The van der Waals surface area contributed by atoms with Gasteiger partial charge < -0.3 is 15.1 Å². The van der Waals surface area contributed by atoms with Gasteiger partial charge >= 0.3 is 0 Å². The van der Waals surface area contributed by atoms with Crippen LogP contribution in [0.15, 0.2) is 24.5 Å². The van der Waals surface area contributed by atoms with Crippen LogP contribution >= 0.6 is 0 Å². The molecule has 0 aliphatic carbocycles. The Labute approximate surface area is 147 Å². The summed E-state index contributed by atoms with van der Waals surface area (Å²) in [5, 5.41) is 3.15. The number of anilines is 2. The van der Waals surface area contributed by atoms with Gasteiger partial charge in [0.25, 0.3) is 5.91 Å². The quantitative estimate of drug-likeness (QED) is 0.898. The molecule has 0 atom stereocenters. The van der Waals surface area contributed by atoms with E-state index in [4.69, 9.17) is 0 Å². The van der Waals surface area contributed by atoms with Gasteiger partial charge in [0.05, 0.1) is 0 Å². The van der Waals surface area contributed by atoms with Gasteiger partial charge in [0, 0.05) is 50.3 Å². The zero-order valence-corrected chi connectivity index (χ0v) is 14.8. The minimum absolute atomic E-state index is 0.0639. The smallest absolute Gasteiger partial charge is 0.272 e. The number of nitrogens with zero attached hydrogens (tertiary/aromatic N) is 6. The molecule has 132 valence electrons. The summed E-state index contributed by atoms with van der Waals surface area (Å²) in [6, 6.07) is 3.74. The average Bonchev–Trinajstić information content (AvgIpc) is 2.61. The minimum atomic E-state index is -0.0639. The number of piperazine rings is 1. The Balaban J connectivity index is 1.67. The lowest BCUT2D eigenvalue weighted by atomic mass is 10.2. The van der Waals surface area contributed by atoms with Gasteiger partial charge in [0.15, 0.2) is 0 Å². The fourth-order valence-corrected chi connectivity index (χ4v) is 2.73. The van der Waals surface area contributed by atoms with Crippen LogP contribution in [-0.4, -0.2) is 63.0 Å². The minimum Gasteiger partial charge on any atom is -0.352 e. The number of amides is 1. The zero-order valence-electron chi connectivity index (χ0n) is 14.8. The average molecular weight is 341 g/mol. The Kier molecular flexibility index (Phi) is 5.06. The van der Waals surface area contributed by atoms with E-state index in [1.54, 1.807) is 24.5 Å². The standard InChI is InChI=1S/C17H23N7O/c1-12(2)20-16-21-13(3)11-14(22-16)15(25)23-7-9-24(10-8-23)17-18-5-4-6-19-17/h4-6,11-12H,7-10H2,1-3H3,(H,20,21,22). The highest BCUT2D eigenvalue weighted by Gasteiger charge is 2.24. The van der Waals surface area contributed by atoms with Crippen molar-refractivity contribution in [1.82, 2.24) is 24.8 Å². The number of nitrogens with one attached hydrogen (secondary N) is 1. The fraction of sp³-hybridized carbons (Fsp3) is 0.471. The Morgan fingerprint density at radius 1 is 1.12 bits per heavy atom. The third kappa shape index (κ3) is 4.20. The van der Waals surface area contributed by atoms with Crippen molar-refractivity contribution in [2.75, 3.05) is 36.4 Å². The molecule has 1 amide bonds. The fourth-order valence-electron chi connectivity index (χ4n) is 2.73. The van der Waals surface area contributed by atoms with Gasteiger partial charge in [0.1, 0.15) is 5.69 Å². The Morgan fingerprint density at radius 2 is 1.80 bits per heavy atom. The molecular weight excluding hydrogens is 318 g/mol. The second-order valence-electron chi connectivity index (χ2n) is 6.35. The predicted molar refractivity (Wildman–Crippen MR) is 95.7 cm³/mol. The molecule has 0 radical (unpaired) electrons. The SMILES string of the molecule is Cc1cc(C(=O)N2CCN(c3ncccn3)CC2)nc(NC(C)C)n1. The first-order valence-electron chi connectivity index (χ1n) is 8.46. The van der Waals surface area contributed by atoms with Gasteiger partial charge in [-0.1, -0.05) is 0 Å². The first kappa shape index (κ1) is 17.1. The highest BCUT2D eigenvalue weighted by Crippen LogP contribution is 2.13. The maximum Gasteiger partial charge on any atom is 0.272 e. The second kappa shape index (κ2) is 7.42. The first-order valence-corrected chi connectivity index (χ1v) is 8.46. The summed E-state index contributed by atoms with van der Waals surface area (Å²) in [6.45, 7) is 8.54. The highest BCUT2D eigenvalue weighted by molar-refractivity contribution is 5.92. The zero-order chi connectivity index (χ0) is 17.8. The number of carbonyl (C=O) groups is 1. The summed E-state index contributed by atoms with van der Waals surface area (Å²) in [4.78, 5) is 33.9. The van der Waals surface area contributed by atoms with Crippen molar-refractivity contribution in [1.29, 1.82) is 0 Å². The van der Waals surface area contributed by atoms with Gasteiger partial charge in [-0.25, -0.2) is 19.9 Å². The van der Waals surface area contributed by atoms with Crippen LogP contribution in [0.2, 0.25) is 0 Å². The highest BCUT2D eigenvalue weighted by atomic mass is 16.2. The molecular formula is C17H23N7O. The van der Waals surface area contributed by atoms with Crippen LogP contribution in [0.1, 0.15) is 30.0 Å². The Hall–Kier alpha value is -2.77. The second-order valence-corrected chi connectivity index (χ2v) is 6.35. The van der Waals surface area contributed by atoms with Crippen molar-refractivity contribution in [3.63, 3.8) is 0 Å².